The number of carbonyl (C=O) groups is 2. The maximum atomic E-state index is 12.2. The number of nitrogens with one attached hydrogen (secondary N) is 1. The van der Waals surface area contributed by atoms with Crippen molar-refractivity contribution in [2.75, 3.05) is 18.0 Å². The molecular formula is C16H21N3O4. The van der Waals surface area contributed by atoms with Crippen LogP contribution in [0.1, 0.15) is 19.4 Å². The molecule has 23 heavy (non-hydrogen) atoms. The highest BCUT2D eigenvalue weighted by atomic mass is 16.5. The number of carbonyl (C=O) groups excluding carboxylic acids is 2. The van der Waals surface area contributed by atoms with Gasteiger partial charge in [-0.05, 0) is 31.5 Å². The topological polar surface area (TPSA) is 91.2 Å². The third-order valence-electron chi connectivity index (χ3n) is 2.72. The van der Waals surface area contributed by atoms with Crippen LogP contribution in [-0.2, 0) is 9.53 Å². The van der Waals surface area contributed by atoms with Gasteiger partial charge in [-0.1, -0.05) is 23.4 Å². The van der Waals surface area contributed by atoms with E-state index < -0.39 is 12.0 Å². The fourth-order valence-corrected chi connectivity index (χ4v) is 1.79. The lowest BCUT2D eigenvalue weighted by atomic mass is 10.2. The number of oxime groups is 1. The summed E-state index contributed by atoms with van der Waals surface area (Å²) < 4.78 is 4.96. The van der Waals surface area contributed by atoms with Gasteiger partial charge in [-0.15, -0.1) is 6.58 Å². The van der Waals surface area contributed by atoms with E-state index in [-0.39, 0.29) is 19.2 Å². The minimum absolute atomic E-state index is 0.208. The number of rotatable bonds is 7. The molecule has 0 atom stereocenters. The Bertz CT molecular complexity index is 567. The molecule has 124 valence electrons. The summed E-state index contributed by atoms with van der Waals surface area (Å²) in [5.74, 6) is -0.499. The number of urea groups is 1. The summed E-state index contributed by atoms with van der Waals surface area (Å²) in [7, 11) is 0. The van der Waals surface area contributed by atoms with Gasteiger partial charge in [0, 0.05) is 12.2 Å². The van der Waals surface area contributed by atoms with Crippen LogP contribution >= 0.6 is 0 Å². The number of esters is 1. The zero-order chi connectivity index (χ0) is 17.2. The van der Waals surface area contributed by atoms with Crippen molar-refractivity contribution in [3.05, 3.63) is 42.5 Å². The fourth-order valence-electron chi connectivity index (χ4n) is 1.79. The van der Waals surface area contributed by atoms with E-state index in [1.165, 1.54) is 11.1 Å². The summed E-state index contributed by atoms with van der Waals surface area (Å²) >= 11 is 0. The van der Waals surface area contributed by atoms with Crippen molar-refractivity contribution >= 4 is 23.9 Å². The first-order valence-corrected chi connectivity index (χ1v) is 7.11. The first-order chi connectivity index (χ1) is 11.0. The zero-order valence-electron chi connectivity index (χ0n) is 13.2. The summed E-state index contributed by atoms with van der Waals surface area (Å²) in [4.78, 5) is 25.1. The van der Waals surface area contributed by atoms with Crippen LogP contribution in [-0.4, -0.2) is 42.6 Å². The standard InChI is InChI=1S/C16H21N3O4/c1-4-9-19(14-7-5-13(6-8-14)10-18-22)16(21)17-11-15(20)23-12(2)3/h4-8,10,12,22H,1,9,11H2,2-3H3,(H,17,21). The maximum Gasteiger partial charge on any atom is 0.325 e. The predicted molar refractivity (Wildman–Crippen MR) is 88.0 cm³/mol. The van der Waals surface area contributed by atoms with Gasteiger partial charge in [-0.3, -0.25) is 9.69 Å². The summed E-state index contributed by atoms with van der Waals surface area (Å²) in [6.45, 7) is 7.16. The van der Waals surface area contributed by atoms with Gasteiger partial charge in [-0.2, -0.15) is 0 Å². The monoisotopic (exact) mass is 319 g/mol. The van der Waals surface area contributed by atoms with E-state index in [0.29, 0.717) is 11.3 Å². The molecule has 1 aromatic rings. The third kappa shape index (κ3) is 6.21. The lowest BCUT2D eigenvalue weighted by molar-refractivity contribution is -0.146. The highest BCUT2D eigenvalue weighted by molar-refractivity contribution is 5.94. The molecule has 0 aromatic heterocycles. The average Bonchev–Trinajstić information content (AvgIpc) is 2.51. The van der Waals surface area contributed by atoms with E-state index in [1.807, 2.05) is 0 Å². The molecule has 0 spiro atoms. The molecule has 0 aliphatic carbocycles. The average molecular weight is 319 g/mol. The van der Waals surface area contributed by atoms with Gasteiger partial charge >= 0.3 is 12.0 Å². The van der Waals surface area contributed by atoms with Crippen LogP contribution in [0.2, 0.25) is 0 Å². The Morgan fingerprint density at radius 1 is 1.39 bits per heavy atom. The maximum absolute atomic E-state index is 12.2. The molecule has 0 radical (unpaired) electrons. The molecule has 2 amide bonds. The molecule has 1 rings (SSSR count). The first-order valence-electron chi connectivity index (χ1n) is 7.11. The van der Waals surface area contributed by atoms with Crippen LogP contribution in [0.25, 0.3) is 0 Å². The number of benzene rings is 1. The number of ether oxygens (including phenoxy) is 1. The number of amides is 2. The van der Waals surface area contributed by atoms with Gasteiger partial charge < -0.3 is 15.3 Å². The van der Waals surface area contributed by atoms with Crippen molar-refractivity contribution in [2.24, 2.45) is 5.16 Å². The molecule has 1 aromatic carbocycles. The Hall–Kier alpha value is -2.83. The lowest BCUT2D eigenvalue weighted by Crippen LogP contribution is -2.42. The van der Waals surface area contributed by atoms with Crippen LogP contribution in [0.15, 0.2) is 42.1 Å². The van der Waals surface area contributed by atoms with Crippen molar-refractivity contribution in [3.8, 4) is 0 Å². The lowest BCUT2D eigenvalue weighted by Gasteiger charge is -2.21. The van der Waals surface area contributed by atoms with Crippen molar-refractivity contribution in [1.29, 1.82) is 0 Å². The molecule has 0 bridgehead atoms. The quantitative estimate of drug-likeness (QED) is 0.265. The van der Waals surface area contributed by atoms with Gasteiger partial charge in [0.15, 0.2) is 0 Å². The number of hydrogen-bond acceptors (Lipinski definition) is 5. The second kappa shape index (κ2) is 9.24. The molecule has 7 nitrogen and oxygen atoms in total. The molecule has 0 heterocycles. The fraction of sp³-hybridized carbons (Fsp3) is 0.312. The second-order valence-corrected chi connectivity index (χ2v) is 4.93. The SMILES string of the molecule is C=CCN(C(=O)NCC(=O)OC(C)C)c1ccc(C=NO)cc1. The first kappa shape index (κ1) is 18.2. The largest absolute Gasteiger partial charge is 0.462 e. The number of anilines is 1. The minimum Gasteiger partial charge on any atom is -0.462 e. The van der Waals surface area contributed by atoms with E-state index in [9.17, 15) is 9.59 Å². The van der Waals surface area contributed by atoms with Crippen molar-refractivity contribution in [1.82, 2.24) is 5.32 Å². The summed E-state index contributed by atoms with van der Waals surface area (Å²) in [6.07, 6.45) is 2.63. The number of hydrogen-bond donors (Lipinski definition) is 2. The second-order valence-electron chi connectivity index (χ2n) is 4.93. The van der Waals surface area contributed by atoms with Crippen LogP contribution < -0.4 is 10.2 Å². The highest BCUT2D eigenvalue weighted by Crippen LogP contribution is 2.15. The van der Waals surface area contributed by atoms with E-state index >= 15 is 0 Å². The van der Waals surface area contributed by atoms with Gasteiger partial charge in [-0.25, -0.2) is 4.79 Å². The summed E-state index contributed by atoms with van der Waals surface area (Å²) in [6, 6.07) is 6.37. The van der Waals surface area contributed by atoms with Crippen LogP contribution in [0.3, 0.4) is 0 Å². The van der Waals surface area contributed by atoms with E-state index in [2.05, 4.69) is 17.1 Å². The van der Waals surface area contributed by atoms with E-state index in [1.54, 1.807) is 44.2 Å². The van der Waals surface area contributed by atoms with E-state index in [4.69, 9.17) is 9.94 Å². The van der Waals surface area contributed by atoms with Crippen LogP contribution in [0.4, 0.5) is 10.5 Å². The molecule has 2 N–H and O–H groups in total. The third-order valence-corrected chi connectivity index (χ3v) is 2.72. The number of nitrogens with zero attached hydrogens (tertiary/aromatic N) is 2. The van der Waals surface area contributed by atoms with Crippen LogP contribution in [0.5, 0.6) is 0 Å². The predicted octanol–water partition coefficient (Wildman–Crippen LogP) is 2.15. The molecule has 0 aliphatic rings. The Labute approximate surface area is 135 Å². The molecule has 0 saturated heterocycles. The molecule has 0 fully saturated rings. The molecule has 0 unspecified atom stereocenters. The van der Waals surface area contributed by atoms with Gasteiger partial charge in [0.25, 0.3) is 0 Å². The molecule has 0 saturated carbocycles. The van der Waals surface area contributed by atoms with Crippen molar-refractivity contribution in [3.63, 3.8) is 0 Å². The summed E-state index contributed by atoms with van der Waals surface area (Å²) in [5.41, 5.74) is 1.31. The Morgan fingerprint density at radius 2 is 2.04 bits per heavy atom. The van der Waals surface area contributed by atoms with E-state index in [0.717, 1.165) is 0 Å². The van der Waals surface area contributed by atoms with Gasteiger partial charge in [0.05, 0.1) is 12.3 Å². The molecule has 0 aliphatic heterocycles. The molecular weight excluding hydrogens is 298 g/mol. The zero-order valence-corrected chi connectivity index (χ0v) is 13.2. The smallest absolute Gasteiger partial charge is 0.325 e. The van der Waals surface area contributed by atoms with Gasteiger partial charge in [0.2, 0.25) is 0 Å². The Morgan fingerprint density at radius 3 is 2.57 bits per heavy atom. The van der Waals surface area contributed by atoms with Gasteiger partial charge in [0.1, 0.15) is 6.54 Å². The normalized spacial score (nSPS) is 10.6. The molecule has 7 heteroatoms. The minimum atomic E-state index is -0.499. The highest BCUT2D eigenvalue weighted by Gasteiger charge is 2.16. The Balaban J connectivity index is 2.74. The van der Waals surface area contributed by atoms with Crippen LogP contribution in [0, 0.1) is 0 Å². The summed E-state index contributed by atoms with van der Waals surface area (Å²) in [5, 5.41) is 13.9. The Kier molecular flexibility index (Phi) is 7.32. The van der Waals surface area contributed by atoms with Crippen molar-refractivity contribution in [2.45, 2.75) is 20.0 Å². The van der Waals surface area contributed by atoms with Crippen molar-refractivity contribution < 1.29 is 19.5 Å².